The van der Waals surface area contributed by atoms with Crippen molar-refractivity contribution >= 4 is 28.8 Å². The SMILES string of the molecule is C=C(C)C(=O)OCCCCCCOc1ccc(SC(=O)c2ccc(C#Cc3ccc(OCCOC(=O)C(=C)F)cc3)c(C)c2)cc1. The van der Waals surface area contributed by atoms with E-state index in [1.807, 2.05) is 43.3 Å². The average molecular weight is 645 g/mol. The first kappa shape index (κ1) is 35.7. The van der Waals surface area contributed by atoms with Crippen molar-refractivity contribution in [1.82, 2.24) is 0 Å². The summed E-state index contributed by atoms with van der Waals surface area (Å²) in [5.74, 6) is 4.96. The van der Waals surface area contributed by atoms with Crippen LogP contribution in [0, 0.1) is 18.8 Å². The van der Waals surface area contributed by atoms with Crippen LogP contribution in [0.4, 0.5) is 4.39 Å². The minimum absolute atomic E-state index is 0.0646. The van der Waals surface area contributed by atoms with E-state index < -0.39 is 11.8 Å². The summed E-state index contributed by atoms with van der Waals surface area (Å²) in [7, 11) is 0. The van der Waals surface area contributed by atoms with E-state index in [1.165, 1.54) is 0 Å². The van der Waals surface area contributed by atoms with Crippen molar-refractivity contribution in [2.75, 3.05) is 26.4 Å². The lowest BCUT2D eigenvalue weighted by Crippen LogP contribution is -2.12. The van der Waals surface area contributed by atoms with Crippen LogP contribution in [0.15, 0.2) is 96.2 Å². The van der Waals surface area contributed by atoms with Crippen LogP contribution >= 0.6 is 11.8 Å². The smallest absolute Gasteiger partial charge is 0.366 e. The van der Waals surface area contributed by atoms with Gasteiger partial charge >= 0.3 is 11.9 Å². The Morgan fingerprint density at radius 2 is 1.35 bits per heavy atom. The highest BCUT2D eigenvalue weighted by molar-refractivity contribution is 8.14. The topological polar surface area (TPSA) is 88.1 Å². The number of carbonyl (C=O) groups is 3. The number of benzene rings is 3. The molecule has 0 aliphatic carbocycles. The summed E-state index contributed by atoms with van der Waals surface area (Å²) in [6.07, 6.45) is 3.64. The number of unbranched alkanes of at least 4 members (excludes halogenated alkanes) is 3. The van der Waals surface area contributed by atoms with Crippen molar-refractivity contribution in [3.05, 3.63) is 114 Å². The third-order valence-corrected chi connectivity index (χ3v) is 7.32. The molecule has 7 nitrogen and oxygen atoms in total. The van der Waals surface area contributed by atoms with Gasteiger partial charge in [0.15, 0.2) is 0 Å². The molecule has 0 aliphatic rings. The van der Waals surface area contributed by atoms with Gasteiger partial charge in [-0.2, -0.15) is 4.39 Å². The molecule has 0 unspecified atom stereocenters. The van der Waals surface area contributed by atoms with Gasteiger partial charge in [0.2, 0.25) is 10.9 Å². The largest absolute Gasteiger partial charge is 0.494 e. The molecule has 0 bridgehead atoms. The van der Waals surface area contributed by atoms with Gasteiger partial charge in [-0.15, -0.1) is 0 Å². The number of carbonyl (C=O) groups excluding carboxylic acids is 3. The Balaban J connectivity index is 1.40. The first-order valence-corrected chi connectivity index (χ1v) is 15.6. The number of esters is 2. The summed E-state index contributed by atoms with van der Waals surface area (Å²) in [5, 5.41) is -0.0646. The molecular formula is C37H37FO7S. The Labute approximate surface area is 273 Å². The van der Waals surface area contributed by atoms with E-state index in [0.717, 1.165) is 64.8 Å². The molecule has 3 aromatic rings. The summed E-state index contributed by atoms with van der Waals surface area (Å²) < 4.78 is 33.6. The van der Waals surface area contributed by atoms with E-state index in [-0.39, 0.29) is 24.3 Å². The van der Waals surface area contributed by atoms with Gasteiger partial charge in [0.25, 0.3) is 0 Å². The Morgan fingerprint density at radius 3 is 1.98 bits per heavy atom. The molecule has 3 rings (SSSR count). The third kappa shape index (κ3) is 12.7. The first-order chi connectivity index (χ1) is 22.1. The van der Waals surface area contributed by atoms with Gasteiger partial charge < -0.3 is 18.9 Å². The molecule has 240 valence electrons. The molecule has 0 amide bonds. The molecule has 0 radical (unpaired) electrons. The fraction of sp³-hybridized carbons (Fsp3) is 0.270. The lowest BCUT2D eigenvalue weighted by molar-refractivity contribution is -0.141. The van der Waals surface area contributed by atoms with Crippen molar-refractivity contribution < 1.29 is 37.7 Å². The Hall–Kier alpha value is -4.81. The van der Waals surface area contributed by atoms with Crippen LogP contribution in [0.3, 0.4) is 0 Å². The van der Waals surface area contributed by atoms with Crippen LogP contribution < -0.4 is 9.47 Å². The van der Waals surface area contributed by atoms with Gasteiger partial charge in [0.1, 0.15) is 24.7 Å². The highest BCUT2D eigenvalue weighted by atomic mass is 32.2. The van der Waals surface area contributed by atoms with Crippen molar-refractivity contribution in [3.8, 4) is 23.3 Å². The lowest BCUT2D eigenvalue weighted by atomic mass is 10.1. The number of hydrogen-bond donors (Lipinski definition) is 0. The molecule has 3 aromatic carbocycles. The van der Waals surface area contributed by atoms with Crippen LogP contribution in [0.1, 0.15) is 59.7 Å². The maximum atomic E-state index is 12.9. The quantitative estimate of drug-likeness (QED) is 0.0514. The summed E-state index contributed by atoms with van der Waals surface area (Å²) in [4.78, 5) is 36.1. The lowest BCUT2D eigenvalue weighted by Gasteiger charge is -2.08. The van der Waals surface area contributed by atoms with Crippen LogP contribution in [0.25, 0.3) is 0 Å². The number of aryl methyl sites for hydroxylation is 1. The van der Waals surface area contributed by atoms with Crippen molar-refractivity contribution in [3.63, 3.8) is 0 Å². The van der Waals surface area contributed by atoms with E-state index in [1.54, 1.807) is 37.3 Å². The number of thioether (sulfide) groups is 1. The van der Waals surface area contributed by atoms with Gasteiger partial charge in [-0.3, -0.25) is 4.79 Å². The predicted octanol–water partition coefficient (Wildman–Crippen LogP) is 7.79. The standard InChI is InChI=1S/C37H37FO7S/c1-26(2)35(39)44-22-8-6-5-7-21-42-33-17-19-34(20-18-33)46-37(41)31-14-13-30(27(3)25-31)12-9-29-10-15-32(16-11-29)43-23-24-45-36(40)28(4)38/h10-11,13-20,25H,1,4-8,21-24H2,2-3H3. The van der Waals surface area contributed by atoms with E-state index in [0.29, 0.717) is 30.1 Å². The van der Waals surface area contributed by atoms with Crippen molar-refractivity contribution in [2.45, 2.75) is 44.4 Å². The van der Waals surface area contributed by atoms with Crippen LogP contribution in [-0.4, -0.2) is 43.5 Å². The summed E-state index contributed by atoms with van der Waals surface area (Å²) in [6, 6.07) is 20.0. The summed E-state index contributed by atoms with van der Waals surface area (Å²) >= 11 is 1.16. The third-order valence-electron chi connectivity index (χ3n) is 6.39. The maximum absolute atomic E-state index is 12.9. The van der Waals surface area contributed by atoms with E-state index >= 15 is 0 Å². The Morgan fingerprint density at radius 1 is 0.739 bits per heavy atom. The number of rotatable bonds is 16. The molecular weight excluding hydrogens is 607 g/mol. The van der Waals surface area contributed by atoms with Gasteiger partial charge in [0, 0.05) is 27.2 Å². The molecule has 0 atom stereocenters. The molecule has 0 aliphatic heterocycles. The van der Waals surface area contributed by atoms with E-state index in [2.05, 4.69) is 29.7 Å². The molecule has 0 N–H and O–H groups in total. The Kier molecular flexibility index (Phi) is 14.6. The van der Waals surface area contributed by atoms with Crippen molar-refractivity contribution in [1.29, 1.82) is 0 Å². The normalized spacial score (nSPS) is 10.2. The molecule has 9 heteroatoms. The van der Waals surface area contributed by atoms with E-state index in [9.17, 15) is 18.8 Å². The zero-order valence-electron chi connectivity index (χ0n) is 26.1. The fourth-order valence-corrected chi connectivity index (χ4v) is 4.61. The zero-order valence-corrected chi connectivity index (χ0v) is 26.9. The van der Waals surface area contributed by atoms with Gasteiger partial charge in [-0.05, 0) is 124 Å². The number of hydrogen-bond acceptors (Lipinski definition) is 8. The highest BCUT2D eigenvalue weighted by Crippen LogP contribution is 2.26. The zero-order chi connectivity index (χ0) is 33.3. The number of ether oxygens (including phenoxy) is 4. The molecule has 0 saturated heterocycles. The summed E-state index contributed by atoms with van der Waals surface area (Å²) in [5.41, 5.74) is 3.47. The van der Waals surface area contributed by atoms with Gasteiger partial charge in [0.05, 0.1) is 13.2 Å². The second-order valence-corrected chi connectivity index (χ2v) is 11.3. The number of halogens is 1. The molecule has 0 fully saturated rings. The Bertz CT molecular complexity index is 1580. The van der Waals surface area contributed by atoms with Crippen LogP contribution in [0.2, 0.25) is 0 Å². The first-order valence-electron chi connectivity index (χ1n) is 14.8. The second kappa shape index (κ2) is 18.9. The summed E-state index contributed by atoms with van der Waals surface area (Å²) in [6.45, 7) is 11.0. The minimum Gasteiger partial charge on any atom is -0.494 e. The average Bonchev–Trinajstić information content (AvgIpc) is 3.04. The van der Waals surface area contributed by atoms with Gasteiger partial charge in [-0.1, -0.05) is 25.0 Å². The highest BCUT2D eigenvalue weighted by Gasteiger charge is 2.10. The second-order valence-electron chi connectivity index (χ2n) is 10.2. The predicted molar refractivity (Wildman–Crippen MR) is 177 cm³/mol. The van der Waals surface area contributed by atoms with Gasteiger partial charge in [-0.25, -0.2) is 9.59 Å². The van der Waals surface area contributed by atoms with Crippen LogP contribution in [0.5, 0.6) is 11.5 Å². The van der Waals surface area contributed by atoms with E-state index in [4.69, 9.17) is 14.2 Å². The maximum Gasteiger partial charge on any atom is 0.366 e. The minimum atomic E-state index is -1.15. The molecule has 0 heterocycles. The molecule has 0 aromatic heterocycles. The molecule has 0 spiro atoms. The fourth-order valence-electron chi connectivity index (χ4n) is 3.88. The van der Waals surface area contributed by atoms with Crippen molar-refractivity contribution in [2.24, 2.45) is 0 Å². The monoisotopic (exact) mass is 644 g/mol. The molecule has 0 saturated carbocycles. The van der Waals surface area contributed by atoms with Crippen LogP contribution in [-0.2, 0) is 19.1 Å². The molecule has 46 heavy (non-hydrogen) atoms.